The van der Waals surface area contributed by atoms with E-state index in [2.05, 4.69) is 4.90 Å². The zero-order chi connectivity index (χ0) is 13.8. The smallest absolute Gasteiger partial charge is 0.205 e. The number of likely N-dealkylation sites (tertiary alicyclic amines) is 1. The lowest BCUT2D eigenvalue weighted by molar-refractivity contribution is 0.161. The Kier molecular flexibility index (Phi) is 4.16. The molecule has 110 valence electrons. The van der Waals surface area contributed by atoms with Gasteiger partial charge in [-0.3, -0.25) is 0 Å². The first-order chi connectivity index (χ1) is 9.84. The van der Waals surface area contributed by atoms with Gasteiger partial charge in [-0.2, -0.15) is 0 Å². The largest absolute Gasteiger partial charge is 0.487 e. The van der Waals surface area contributed by atoms with Gasteiger partial charge in [-0.1, -0.05) is 0 Å². The molecule has 1 saturated heterocycles. The molecule has 0 aliphatic carbocycles. The van der Waals surface area contributed by atoms with Gasteiger partial charge in [0.1, 0.15) is 13.2 Å². The Labute approximate surface area is 119 Å². The lowest BCUT2D eigenvalue weighted by Crippen LogP contribution is -2.22. The molecule has 20 heavy (non-hydrogen) atoms. The second kappa shape index (κ2) is 6.22. The van der Waals surface area contributed by atoms with Gasteiger partial charge in [-0.15, -0.1) is 0 Å². The average Bonchev–Trinajstić information content (AvgIpc) is 2.98. The molecule has 2 aliphatic heterocycles. The van der Waals surface area contributed by atoms with Crippen LogP contribution in [0.2, 0.25) is 0 Å². The van der Waals surface area contributed by atoms with Crippen LogP contribution in [0.25, 0.3) is 0 Å². The second-order valence-corrected chi connectivity index (χ2v) is 5.26. The van der Waals surface area contributed by atoms with Gasteiger partial charge in [0.25, 0.3) is 0 Å². The van der Waals surface area contributed by atoms with E-state index in [0.29, 0.717) is 37.0 Å². The van der Waals surface area contributed by atoms with Crippen molar-refractivity contribution in [3.05, 3.63) is 12.1 Å². The third-order valence-corrected chi connectivity index (χ3v) is 3.76. The highest BCUT2D eigenvalue weighted by molar-refractivity contribution is 5.66. The van der Waals surface area contributed by atoms with Gasteiger partial charge in [0.2, 0.25) is 5.75 Å². The van der Waals surface area contributed by atoms with E-state index in [9.17, 15) is 0 Å². The van der Waals surface area contributed by atoms with Crippen LogP contribution in [-0.4, -0.2) is 44.4 Å². The number of nitrogen functional groups attached to an aromatic ring is 1. The Morgan fingerprint density at radius 2 is 1.95 bits per heavy atom. The Morgan fingerprint density at radius 1 is 1.15 bits per heavy atom. The maximum atomic E-state index is 5.98. The van der Waals surface area contributed by atoms with Crippen LogP contribution < -0.4 is 19.9 Å². The first kappa shape index (κ1) is 13.4. The molecule has 0 spiro atoms. The van der Waals surface area contributed by atoms with Crippen LogP contribution in [0, 0.1) is 0 Å². The van der Waals surface area contributed by atoms with E-state index < -0.39 is 0 Å². The molecular formula is C15H22N2O3. The van der Waals surface area contributed by atoms with Crippen LogP contribution in [0.3, 0.4) is 0 Å². The number of anilines is 1. The van der Waals surface area contributed by atoms with Crippen LogP contribution in [0.15, 0.2) is 12.1 Å². The number of hydrogen-bond acceptors (Lipinski definition) is 5. The minimum atomic E-state index is 0.542. The normalized spacial score (nSPS) is 18.2. The number of ether oxygens (including phenoxy) is 3. The van der Waals surface area contributed by atoms with Crippen molar-refractivity contribution in [3.63, 3.8) is 0 Å². The molecule has 5 heteroatoms. The maximum absolute atomic E-state index is 5.98. The van der Waals surface area contributed by atoms with Crippen molar-refractivity contribution in [2.45, 2.75) is 19.3 Å². The lowest BCUT2D eigenvalue weighted by atomic mass is 10.2. The van der Waals surface area contributed by atoms with E-state index in [1.807, 2.05) is 12.1 Å². The number of fused-ring (bicyclic) bond motifs is 1. The molecule has 0 bridgehead atoms. The Bertz CT molecular complexity index is 459. The zero-order valence-corrected chi connectivity index (χ0v) is 11.8. The van der Waals surface area contributed by atoms with Gasteiger partial charge in [-0.25, -0.2) is 0 Å². The maximum Gasteiger partial charge on any atom is 0.205 e. The number of hydrogen-bond donors (Lipinski definition) is 1. The molecule has 2 N–H and O–H groups in total. The average molecular weight is 278 g/mol. The van der Waals surface area contributed by atoms with Crippen molar-refractivity contribution in [3.8, 4) is 17.2 Å². The highest BCUT2D eigenvalue weighted by Crippen LogP contribution is 2.43. The van der Waals surface area contributed by atoms with Crippen LogP contribution in [-0.2, 0) is 0 Å². The van der Waals surface area contributed by atoms with Gasteiger partial charge in [0.15, 0.2) is 11.5 Å². The Morgan fingerprint density at radius 3 is 2.80 bits per heavy atom. The fourth-order valence-corrected chi connectivity index (χ4v) is 2.72. The van der Waals surface area contributed by atoms with Crippen molar-refractivity contribution in [1.29, 1.82) is 0 Å². The van der Waals surface area contributed by atoms with Crippen molar-refractivity contribution in [1.82, 2.24) is 4.90 Å². The van der Waals surface area contributed by atoms with E-state index in [0.717, 1.165) is 18.7 Å². The SMILES string of the molecule is Nc1ccc2c(c1OCCCN1CCCC1)OCCO2. The number of nitrogens with two attached hydrogens (primary N) is 1. The third-order valence-electron chi connectivity index (χ3n) is 3.76. The topological polar surface area (TPSA) is 57.0 Å². The summed E-state index contributed by atoms with van der Waals surface area (Å²) in [6, 6.07) is 3.64. The summed E-state index contributed by atoms with van der Waals surface area (Å²) in [6.07, 6.45) is 3.65. The second-order valence-electron chi connectivity index (χ2n) is 5.26. The summed E-state index contributed by atoms with van der Waals surface area (Å²) in [5.74, 6) is 2.00. The van der Waals surface area contributed by atoms with Crippen molar-refractivity contribution < 1.29 is 14.2 Å². The fraction of sp³-hybridized carbons (Fsp3) is 0.600. The van der Waals surface area contributed by atoms with Gasteiger partial charge < -0.3 is 24.8 Å². The van der Waals surface area contributed by atoms with E-state index in [1.165, 1.54) is 25.9 Å². The summed E-state index contributed by atoms with van der Waals surface area (Å²) < 4.78 is 17.0. The van der Waals surface area contributed by atoms with Gasteiger partial charge in [0, 0.05) is 6.54 Å². The molecule has 5 nitrogen and oxygen atoms in total. The Balaban J connectivity index is 1.56. The highest BCUT2D eigenvalue weighted by atomic mass is 16.6. The predicted octanol–water partition coefficient (Wildman–Crippen LogP) is 1.90. The number of rotatable bonds is 5. The fourth-order valence-electron chi connectivity index (χ4n) is 2.72. The number of nitrogens with zero attached hydrogens (tertiary/aromatic N) is 1. The molecule has 2 heterocycles. The van der Waals surface area contributed by atoms with Crippen LogP contribution in [0.4, 0.5) is 5.69 Å². The van der Waals surface area contributed by atoms with Crippen LogP contribution in [0.5, 0.6) is 17.2 Å². The van der Waals surface area contributed by atoms with Gasteiger partial charge in [-0.05, 0) is 44.5 Å². The van der Waals surface area contributed by atoms with Crippen molar-refractivity contribution >= 4 is 5.69 Å². The van der Waals surface area contributed by atoms with E-state index >= 15 is 0 Å². The zero-order valence-electron chi connectivity index (χ0n) is 11.8. The number of benzene rings is 1. The van der Waals surface area contributed by atoms with Crippen LogP contribution >= 0.6 is 0 Å². The molecule has 0 unspecified atom stereocenters. The van der Waals surface area contributed by atoms with E-state index in [1.54, 1.807) is 0 Å². The van der Waals surface area contributed by atoms with Crippen molar-refractivity contribution in [2.24, 2.45) is 0 Å². The van der Waals surface area contributed by atoms with Gasteiger partial charge in [0.05, 0.1) is 12.3 Å². The summed E-state index contributed by atoms with van der Waals surface area (Å²) in [4.78, 5) is 2.48. The predicted molar refractivity (Wildman–Crippen MR) is 77.6 cm³/mol. The molecule has 3 rings (SSSR count). The first-order valence-corrected chi connectivity index (χ1v) is 7.38. The molecule has 0 atom stereocenters. The summed E-state index contributed by atoms with van der Waals surface area (Å²) >= 11 is 0. The highest BCUT2D eigenvalue weighted by Gasteiger charge is 2.19. The summed E-state index contributed by atoms with van der Waals surface area (Å²) in [7, 11) is 0. The molecular weight excluding hydrogens is 256 g/mol. The minimum Gasteiger partial charge on any atom is -0.487 e. The molecule has 2 aliphatic rings. The monoisotopic (exact) mass is 278 g/mol. The summed E-state index contributed by atoms with van der Waals surface area (Å²) in [5, 5.41) is 0. The van der Waals surface area contributed by atoms with E-state index in [4.69, 9.17) is 19.9 Å². The molecule has 0 radical (unpaired) electrons. The molecule has 1 aromatic carbocycles. The minimum absolute atomic E-state index is 0.542. The lowest BCUT2D eigenvalue weighted by Gasteiger charge is -2.22. The third kappa shape index (κ3) is 2.93. The molecule has 0 saturated carbocycles. The Hall–Kier alpha value is -1.62. The molecule has 1 aromatic rings. The summed E-state index contributed by atoms with van der Waals surface area (Å²) in [6.45, 7) is 5.30. The summed E-state index contributed by atoms with van der Waals surface area (Å²) in [5.41, 5.74) is 6.58. The first-order valence-electron chi connectivity index (χ1n) is 7.38. The van der Waals surface area contributed by atoms with Crippen LogP contribution in [0.1, 0.15) is 19.3 Å². The molecule has 1 fully saturated rings. The van der Waals surface area contributed by atoms with Crippen molar-refractivity contribution in [2.75, 3.05) is 45.2 Å². The quantitative estimate of drug-likeness (QED) is 0.658. The van der Waals surface area contributed by atoms with Gasteiger partial charge >= 0.3 is 0 Å². The molecule has 0 aromatic heterocycles. The van der Waals surface area contributed by atoms with E-state index in [-0.39, 0.29) is 0 Å². The standard InChI is InChI=1S/C15H22N2O3/c16-12-4-5-13-15(20-11-10-18-13)14(12)19-9-3-8-17-6-1-2-7-17/h4-5H,1-3,6-11,16H2. The molecule has 0 amide bonds.